The van der Waals surface area contributed by atoms with Gasteiger partial charge in [0.05, 0.1) is 12.8 Å². The van der Waals surface area contributed by atoms with E-state index < -0.39 is 10.0 Å². The number of piperidine rings is 1. The monoisotopic (exact) mass is 316 g/mol. The molecule has 1 aliphatic heterocycles. The van der Waals surface area contributed by atoms with Crippen molar-refractivity contribution in [1.29, 1.82) is 0 Å². The molecule has 1 saturated carbocycles. The lowest BCUT2D eigenvalue weighted by molar-refractivity contribution is 0.199. The number of likely N-dealkylation sites (tertiary alicyclic amines) is 1. The third kappa shape index (κ3) is 3.97. The van der Waals surface area contributed by atoms with Gasteiger partial charge >= 0.3 is 0 Å². The van der Waals surface area contributed by atoms with Gasteiger partial charge in [-0.05, 0) is 25.7 Å². The van der Waals surface area contributed by atoms with Gasteiger partial charge in [0.15, 0.2) is 0 Å². The van der Waals surface area contributed by atoms with Crippen LogP contribution in [0.15, 0.2) is 0 Å². The Morgan fingerprint density at radius 2 is 1.95 bits per heavy atom. The lowest BCUT2D eigenvalue weighted by atomic mass is 10.1. The molecule has 0 amide bonds. The molecule has 0 spiro atoms. The molecule has 112 valence electrons. The molecule has 20 heavy (non-hydrogen) atoms. The molecule has 1 saturated heterocycles. The fourth-order valence-electron chi connectivity index (χ4n) is 2.53. The summed E-state index contributed by atoms with van der Waals surface area (Å²) in [5, 5.41) is 10.8. The van der Waals surface area contributed by atoms with Crippen molar-refractivity contribution in [1.82, 2.24) is 19.8 Å². The summed E-state index contributed by atoms with van der Waals surface area (Å²) in [6.07, 6.45) is 5.47. The number of aromatic nitrogens is 2. The van der Waals surface area contributed by atoms with E-state index in [1.165, 1.54) is 24.1 Å². The second kappa shape index (κ2) is 5.67. The summed E-state index contributed by atoms with van der Waals surface area (Å²) in [6, 6.07) is 0.0812. The summed E-state index contributed by atoms with van der Waals surface area (Å²) in [6.45, 7) is 2.66. The first-order valence-corrected chi connectivity index (χ1v) is 9.72. The Hall–Kier alpha value is -0.570. The third-order valence-electron chi connectivity index (χ3n) is 3.74. The van der Waals surface area contributed by atoms with E-state index in [1.807, 2.05) is 0 Å². The van der Waals surface area contributed by atoms with Crippen LogP contribution in [0.3, 0.4) is 0 Å². The summed E-state index contributed by atoms with van der Waals surface area (Å²) in [5.74, 6) is 0.672. The summed E-state index contributed by atoms with van der Waals surface area (Å²) in [7, 11) is -3.09. The van der Waals surface area contributed by atoms with Crippen LogP contribution in [-0.4, -0.2) is 48.9 Å². The molecule has 8 heteroatoms. The highest BCUT2D eigenvalue weighted by molar-refractivity contribution is 7.88. The van der Waals surface area contributed by atoms with Crippen molar-refractivity contribution in [2.24, 2.45) is 0 Å². The molecule has 0 bridgehead atoms. The average Bonchev–Trinajstić information content (AvgIpc) is 3.11. The van der Waals surface area contributed by atoms with Crippen LogP contribution in [0.2, 0.25) is 0 Å². The van der Waals surface area contributed by atoms with Crippen molar-refractivity contribution in [2.75, 3.05) is 19.3 Å². The minimum Gasteiger partial charge on any atom is -0.296 e. The summed E-state index contributed by atoms with van der Waals surface area (Å²) in [4.78, 5) is 2.33. The van der Waals surface area contributed by atoms with Gasteiger partial charge in [-0.2, -0.15) is 0 Å². The maximum absolute atomic E-state index is 11.2. The van der Waals surface area contributed by atoms with Crippen LogP contribution < -0.4 is 4.72 Å². The van der Waals surface area contributed by atoms with Crippen LogP contribution in [0.25, 0.3) is 0 Å². The molecule has 1 N–H and O–H groups in total. The highest BCUT2D eigenvalue weighted by atomic mass is 32.2. The molecule has 1 aromatic rings. The zero-order valence-electron chi connectivity index (χ0n) is 11.6. The van der Waals surface area contributed by atoms with Crippen LogP contribution in [0.1, 0.15) is 41.6 Å². The summed E-state index contributed by atoms with van der Waals surface area (Å²) < 4.78 is 25.1. The molecular formula is C12H20N4O2S2. The molecule has 0 radical (unpaired) electrons. The Morgan fingerprint density at radius 3 is 2.55 bits per heavy atom. The number of sulfonamides is 1. The quantitative estimate of drug-likeness (QED) is 0.874. The van der Waals surface area contributed by atoms with Gasteiger partial charge in [-0.3, -0.25) is 4.90 Å². The Kier molecular flexibility index (Phi) is 4.07. The van der Waals surface area contributed by atoms with E-state index in [9.17, 15) is 8.42 Å². The first-order valence-electron chi connectivity index (χ1n) is 7.01. The predicted molar refractivity (Wildman–Crippen MR) is 78.2 cm³/mol. The Labute approximate surface area is 123 Å². The zero-order valence-corrected chi connectivity index (χ0v) is 13.2. The molecule has 0 unspecified atom stereocenters. The minimum atomic E-state index is -3.09. The molecule has 3 rings (SSSR count). The van der Waals surface area contributed by atoms with Gasteiger partial charge in [0, 0.05) is 25.0 Å². The van der Waals surface area contributed by atoms with Gasteiger partial charge in [0.25, 0.3) is 0 Å². The predicted octanol–water partition coefficient (Wildman–Crippen LogP) is 0.929. The van der Waals surface area contributed by atoms with Crippen LogP contribution in [-0.2, 0) is 16.6 Å². The van der Waals surface area contributed by atoms with E-state index >= 15 is 0 Å². The number of rotatable bonds is 5. The average molecular weight is 316 g/mol. The van der Waals surface area contributed by atoms with Gasteiger partial charge in [-0.25, -0.2) is 13.1 Å². The van der Waals surface area contributed by atoms with Crippen molar-refractivity contribution < 1.29 is 8.42 Å². The van der Waals surface area contributed by atoms with Crippen LogP contribution in [0.5, 0.6) is 0 Å². The van der Waals surface area contributed by atoms with E-state index in [2.05, 4.69) is 19.8 Å². The second-order valence-corrected chi connectivity index (χ2v) is 8.62. The standard InChI is InChI=1S/C12H20N4O2S2/c1-20(17,18)15-10-4-6-16(7-5-10)8-11-13-14-12(19-11)9-2-3-9/h9-10,15H,2-8H2,1H3. The first kappa shape index (κ1) is 14.4. The fraction of sp³-hybridized carbons (Fsp3) is 0.833. The molecule has 2 fully saturated rings. The Bertz CT molecular complexity index is 560. The van der Waals surface area contributed by atoms with Gasteiger partial charge < -0.3 is 0 Å². The Morgan fingerprint density at radius 1 is 1.25 bits per heavy atom. The molecule has 1 aromatic heterocycles. The minimum absolute atomic E-state index is 0.0812. The maximum Gasteiger partial charge on any atom is 0.208 e. The SMILES string of the molecule is CS(=O)(=O)NC1CCN(Cc2nnc(C3CC3)s2)CC1. The normalized spacial score (nSPS) is 22.2. The van der Waals surface area contributed by atoms with Gasteiger partial charge in [-0.1, -0.05) is 11.3 Å². The molecule has 0 aromatic carbocycles. The van der Waals surface area contributed by atoms with Crippen molar-refractivity contribution in [3.8, 4) is 0 Å². The van der Waals surface area contributed by atoms with Gasteiger partial charge in [0.1, 0.15) is 10.0 Å². The number of nitrogens with one attached hydrogen (secondary N) is 1. The largest absolute Gasteiger partial charge is 0.296 e. The van der Waals surface area contributed by atoms with E-state index in [4.69, 9.17) is 0 Å². The maximum atomic E-state index is 11.2. The molecule has 0 atom stereocenters. The van der Waals surface area contributed by atoms with E-state index in [0.29, 0.717) is 5.92 Å². The molecule has 1 aliphatic carbocycles. The Balaban J connectivity index is 1.48. The van der Waals surface area contributed by atoms with Crippen LogP contribution >= 0.6 is 11.3 Å². The first-order chi connectivity index (χ1) is 9.49. The van der Waals surface area contributed by atoms with E-state index in [0.717, 1.165) is 37.5 Å². The highest BCUT2D eigenvalue weighted by Gasteiger charge is 2.28. The van der Waals surface area contributed by atoms with Crippen LogP contribution in [0, 0.1) is 0 Å². The fourth-order valence-corrected chi connectivity index (χ4v) is 4.42. The van der Waals surface area contributed by atoms with Crippen molar-refractivity contribution >= 4 is 21.4 Å². The third-order valence-corrected chi connectivity index (χ3v) is 5.57. The van der Waals surface area contributed by atoms with E-state index in [1.54, 1.807) is 11.3 Å². The lowest BCUT2D eigenvalue weighted by Crippen LogP contribution is -2.43. The van der Waals surface area contributed by atoms with Crippen molar-refractivity contribution in [2.45, 2.75) is 44.2 Å². The molecule has 6 nitrogen and oxygen atoms in total. The second-order valence-electron chi connectivity index (χ2n) is 5.75. The molecular weight excluding hydrogens is 296 g/mol. The zero-order chi connectivity index (χ0) is 14.2. The van der Waals surface area contributed by atoms with E-state index in [-0.39, 0.29) is 6.04 Å². The molecule has 2 heterocycles. The molecule has 2 aliphatic rings. The smallest absolute Gasteiger partial charge is 0.208 e. The van der Waals surface area contributed by atoms with Gasteiger partial charge in [-0.15, -0.1) is 10.2 Å². The van der Waals surface area contributed by atoms with Crippen molar-refractivity contribution in [3.63, 3.8) is 0 Å². The number of nitrogens with zero attached hydrogens (tertiary/aromatic N) is 3. The summed E-state index contributed by atoms with van der Waals surface area (Å²) >= 11 is 1.73. The van der Waals surface area contributed by atoms with Crippen LogP contribution in [0.4, 0.5) is 0 Å². The highest BCUT2D eigenvalue weighted by Crippen LogP contribution is 2.41. The summed E-state index contributed by atoms with van der Waals surface area (Å²) in [5.41, 5.74) is 0. The topological polar surface area (TPSA) is 75.2 Å². The van der Waals surface area contributed by atoms with Gasteiger partial charge in [0.2, 0.25) is 10.0 Å². The number of hydrogen-bond acceptors (Lipinski definition) is 6. The lowest BCUT2D eigenvalue weighted by Gasteiger charge is -2.31. The number of hydrogen-bond donors (Lipinski definition) is 1. The van der Waals surface area contributed by atoms with Crippen molar-refractivity contribution in [3.05, 3.63) is 10.0 Å².